The van der Waals surface area contributed by atoms with Crippen LogP contribution in [0.2, 0.25) is 0 Å². The lowest BCUT2D eigenvalue weighted by Gasteiger charge is -2.11. The fraction of sp³-hybridized carbons (Fsp3) is 0. The second kappa shape index (κ2) is 8.89. The lowest BCUT2D eigenvalue weighted by Crippen LogP contribution is -1.90. The number of hydrogen-bond donors (Lipinski definition) is 0. The van der Waals surface area contributed by atoms with Gasteiger partial charge >= 0.3 is 0 Å². The SMILES string of the molecule is c1ccc(-c2ccc(-c3ccccc3)c(-c3cn(-c4cc(-c5ccccn5)cs4)nn3)c2)cc1. The van der Waals surface area contributed by atoms with E-state index in [1.54, 1.807) is 11.3 Å². The van der Waals surface area contributed by atoms with E-state index in [-0.39, 0.29) is 0 Å². The monoisotopic (exact) mass is 456 g/mol. The molecule has 3 heterocycles. The van der Waals surface area contributed by atoms with Crippen molar-refractivity contribution < 1.29 is 0 Å². The van der Waals surface area contributed by atoms with Gasteiger partial charge in [-0.15, -0.1) is 16.4 Å². The van der Waals surface area contributed by atoms with Gasteiger partial charge < -0.3 is 0 Å². The van der Waals surface area contributed by atoms with Crippen LogP contribution in [0.25, 0.3) is 49.8 Å². The van der Waals surface area contributed by atoms with Crippen LogP contribution in [0, 0.1) is 0 Å². The highest BCUT2D eigenvalue weighted by atomic mass is 32.1. The summed E-state index contributed by atoms with van der Waals surface area (Å²) in [5.41, 5.74) is 8.53. The average Bonchev–Trinajstić information content (AvgIpc) is 3.60. The first-order chi connectivity index (χ1) is 16.8. The molecule has 0 bridgehead atoms. The Morgan fingerprint density at radius 1 is 0.588 bits per heavy atom. The maximum atomic E-state index is 4.57. The summed E-state index contributed by atoms with van der Waals surface area (Å²) in [5.74, 6) is 0. The van der Waals surface area contributed by atoms with Crippen molar-refractivity contribution in [2.75, 3.05) is 0 Å². The first kappa shape index (κ1) is 20.3. The van der Waals surface area contributed by atoms with Crippen LogP contribution in [0.1, 0.15) is 0 Å². The van der Waals surface area contributed by atoms with Crippen molar-refractivity contribution in [3.8, 4) is 49.8 Å². The van der Waals surface area contributed by atoms with Crippen LogP contribution in [0.15, 0.2) is 121 Å². The van der Waals surface area contributed by atoms with Gasteiger partial charge in [-0.3, -0.25) is 4.98 Å². The second-order valence-corrected chi connectivity index (χ2v) is 8.82. The Morgan fingerprint density at radius 3 is 2.12 bits per heavy atom. The van der Waals surface area contributed by atoms with E-state index in [0.29, 0.717) is 0 Å². The molecule has 0 unspecified atom stereocenters. The topological polar surface area (TPSA) is 43.6 Å². The minimum absolute atomic E-state index is 0.837. The van der Waals surface area contributed by atoms with Crippen LogP contribution in [0.4, 0.5) is 0 Å². The molecule has 0 saturated carbocycles. The predicted octanol–water partition coefficient (Wildman–Crippen LogP) is 7.39. The van der Waals surface area contributed by atoms with E-state index in [2.05, 4.69) is 93.5 Å². The summed E-state index contributed by atoms with van der Waals surface area (Å²) in [5, 5.41) is 12.1. The van der Waals surface area contributed by atoms with Crippen molar-refractivity contribution >= 4 is 11.3 Å². The van der Waals surface area contributed by atoms with Crippen molar-refractivity contribution in [2.45, 2.75) is 0 Å². The lowest BCUT2D eigenvalue weighted by molar-refractivity contribution is 0.815. The molecule has 4 nitrogen and oxygen atoms in total. The molecule has 0 N–H and O–H groups in total. The van der Waals surface area contributed by atoms with Crippen LogP contribution >= 0.6 is 11.3 Å². The Labute approximate surface area is 201 Å². The fourth-order valence-corrected chi connectivity index (χ4v) is 4.87. The first-order valence-corrected chi connectivity index (χ1v) is 11.9. The second-order valence-electron chi connectivity index (χ2n) is 7.93. The number of hydrogen-bond acceptors (Lipinski definition) is 4. The highest BCUT2D eigenvalue weighted by molar-refractivity contribution is 7.13. The van der Waals surface area contributed by atoms with Gasteiger partial charge in [0.25, 0.3) is 0 Å². The zero-order valence-corrected chi connectivity index (χ0v) is 19.1. The van der Waals surface area contributed by atoms with Gasteiger partial charge in [0.05, 0.1) is 11.9 Å². The molecule has 0 spiro atoms. The van der Waals surface area contributed by atoms with E-state index in [0.717, 1.165) is 44.2 Å². The fourth-order valence-electron chi connectivity index (χ4n) is 4.04. The van der Waals surface area contributed by atoms with Gasteiger partial charge in [-0.05, 0) is 46.5 Å². The molecule has 3 aromatic heterocycles. The van der Waals surface area contributed by atoms with Crippen molar-refractivity contribution in [1.29, 1.82) is 0 Å². The molecule has 6 rings (SSSR count). The maximum Gasteiger partial charge on any atom is 0.120 e. The quantitative estimate of drug-likeness (QED) is 0.272. The van der Waals surface area contributed by atoms with E-state index >= 15 is 0 Å². The predicted molar refractivity (Wildman–Crippen MR) is 139 cm³/mol. The van der Waals surface area contributed by atoms with E-state index < -0.39 is 0 Å². The Balaban J connectivity index is 1.43. The van der Waals surface area contributed by atoms with Gasteiger partial charge in [0.15, 0.2) is 0 Å². The molecule has 162 valence electrons. The number of aromatic nitrogens is 4. The summed E-state index contributed by atoms with van der Waals surface area (Å²) >= 11 is 1.63. The van der Waals surface area contributed by atoms with Crippen molar-refractivity contribution in [1.82, 2.24) is 20.0 Å². The normalized spacial score (nSPS) is 10.9. The van der Waals surface area contributed by atoms with E-state index in [1.165, 1.54) is 5.56 Å². The minimum atomic E-state index is 0.837. The number of pyridine rings is 1. The summed E-state index contributed by atoms with van der Waals surface area (Å²) < 4.78 is 1.84. The van der Waals surface area contributed by atoms with Crippen molar-refractivity contribution in [3.05, 3.63) is 121 Å². The van der Waals surface area contributed by atoms with Gasteiger partial charge in [-0.1, -0.05) is 84.1 Å². The Kier molecular flexibility index (Phi) is 5.30. The average molecular weight is 457 g/mol. The summed E-state index contributed by atoms with van der Waals surface area (Å²) in [7, 11) is 0. The van der Waals surface area contributed by atoms with Gasteiger partial charge in [0.1, 0.15) is 10.7 Å². The maximum absolute atomic E-state index is 4.57. The molecule has 3 aromatic carbocycles. The van der Waals surface area contributed by atoms with Crippen molar-refractivity contribution in [2.24, 2.45) is 0 Å². The van der Waals surface area contributed by atoms with Gasteiger partial charge in [0.2, 0.25) is 0 Å². The third kappa shape index (κ3) is 3.93. The first-order valence-electron chi connectivity index (χ1n) is 11.0. The third-order valence-corrected chi connectivity index (χ3v) is 6.67. The molecule has 0 saturated heterocycles. The largest absolute Gasteiger partial charge is 0.256 e. The molecular formula is C29H20N4S. The molecule has 6 aromatic rings. The number of thiophene rings is 1. The Hall–Kier alpha value is -4.35. The standard InChI is InChI=1S/C29H20N4S/c1-3-9-21(10-4-1)23-14-15-25(22-11-5-2-6-12-22)26(17-23)28-19-33(32-31-28)29-18-24(20-34-29)27-13-7-8-16-30-27/h1-20H. The Bertz CT molecular complexity index is 1540. The molecule has 0 radical (unpaired) electrons. The van der Waals surface area contributed by atoms with Crippen LogP contribution in [-0.2, 0) is 0 Å². The molecule has 34 heavy (non-hydrogen) atoms. The highest BCUT2D eigenvalue weighted by Crippen LogP contribution is 2.35. The summed E-state index contributed by atoms with van der Waals surface area (Å²) in [6, 6.07) is 35.4. The summed E-state index contributed by atoms with van der Waals surface area (Å²) in [6.45, 7) is 0. The van der Waals surface area contributed by atoms with E-state index in [4.69, 9.17) is 0 Å². The van der Waals surface area contributed by atoms with Gasteiger partial charge in [-0.25, -0.2) is 4.68 Å². The minimum Gasteiger partial charge on any atom is -0.256 e. The molecular weight excluding hydrogens is 436 g/mol. The smallest absolute Gasteiger partial charge is 0.120 e. The number of benzene rings is 3. The molecule has 0 atom stereocenters. The molecule has 0 aliphatic carbocycles. The molecule has 0 amide bonds. The van der Waals surface area contributed by atoms with Crippen LogP contribution in [0.3, 0.4) is 0 Å². The molecule has 5 heteroatoms. The summed E-state index contributed by atoms with van der Waals surface area (Å²) in [6.07, 6.45) is 3.82. The lowest BCUT2D eigenvalue weighted by atomic mass is 9.93. The highest BCUT2D eigenvalue weighted by Gasteiger charge is 2.14. The molecule has 0 aliphatic rings. The van der Waals surface area contributed by atoms with E-state index in [9.17, 15) is 0 Å². The molecule has 0 fully saturated rings. The van der Waals surface area contributed by atoms with Gasteiger partial charge in [0, 0.05) is 22.7 Å². The third-order valence-electron chi connectivity index (χ3n) is 5.75. The zero-order chi connectivity index (χ0) is 22.7. The van der Waals surface area contributed by atoms with Gasteiger partial charge in [-0.2, -0.15) is 0 Å². The van der Waals surface area contributed by atoms with Crippen LogP contribution in [0.5, 0.6) is 0 Å². The van der Waals surface area contributed by atoms with E-state index in [1.807, 2.05) is 47.4 Å². The number of rotatable bonds is 5. The number of nitrogens with zero attached hydrogens (tertiary/aromatic N) is 4. The molecule has 0 aliphatic heterocycles. The Morgan fingerprint density at radius 2 is 1.35 bits per heavy atom. The zero-order valence-electron chi connectivity index (χ0n) is 18.2. The van der Waals surface area contributed by atoms with Crippen molar-refractivity contribution in [3.63, 3.8) is 0 Å². The van der Waals surface area contributed by atoms with Crippen LogP contribution in [-0.4, -0.2) is 20.0 Å². The van der Waals surface area contributed by atoms with Crippen LogP contribution < -0.4 is 0 Å². The summed E-state index contributed by atoms with van der Waals surface area (Å²) in [4.78, 5) is 4.45.